The molecule has 0 bridgehead atoms. The van der Waals surface area contributed by atoms with Crippen molar-refractivity contribution < 1.29 is 46.2 Å². The number of halogens is 2. The highest BCUT2D eigenvalue weighted by molar-refractivity contribution is 7.91. The Morgan fingerprint density at radius 3 is 2.42 bits per heavy atom. The van der Waals surface area contributed by atoms with Gasteiger partial charge in [0.05, 0.1) is 39.9 Å². The van der Waals surface area contributed by atoms with Crippen LogP contribution in [0.4, 0.5) is 13.6 Å². The van der Waals surface area contributed by atoms with Crippen LogP contribution in [0.1, 0.15) is 110 Å². The summed E-state index contributed by atoms with van der Waals surface area (Å²) in [5, 5.41) is 24.0. The van der Waals surface area contributed by atoms with Gasteiger partial charge in [0.25, 0.3) is 5.91 Å². The zero-order valence-corrected chi connectivity index (χ0v) is 35.5. The first kappa shape index (κ1) is 43.4. The number of carboxylic acid groups (broad SMARTS) is 1. The topological polar surface area (TPSA) is 221 Å². The number of hydrogen-bond acceptors (Lipinski definition) is 10. The second-order valence-electron chi connectivity index (χ2n) is 19.1. The van der Waals surface area contributed by atoms with Crippen molar-refractivity contribution in [2.24, 2.45) is 35.0 Å². The molecule has 15 nitrogen and oxygen atoms in total. The van der Waals surface area contributed by atoms with Crippen LogP contribution in [0.3, 0.4) is 0 Å². The SMILES string of the molecule is C[C@@H]1C(Oc2nc3cc(C#N)ccc3nc2CCCCC[C@H]2CC[C@@H]3C[C@H]23)CN(C(=O)[C@@H](NC(=O)O)C(C)(C)C)[C@@H]1C(=O)NC1(C(=O)NS(=O)(=O)C2(C)CC2)C[C@H]1C(F)F. The van der Waals surface area contributed by atoms with Gasteiger partial charge in [0.15, 0.2) is 0 Å². The van der Waals surface area contributed by atoms with Crippen molar-refractivity contribution in [1.82, 2.24) is 30.2 Å². The summed E-state index contributed by atoms with van der Waals surface area (Å²) in [7, 11) is -4.26. The van der Waals surface area contributed by atoms with Gasteiger partial charge in [-0.1, -0.05) is 47.0 Å². The van der Waals surface area contributed by atoms with Crippen molar-refractivity contribution in [1.29, 1.82) is 5.26 Å². The molecule has 326 valence electrons. The molecular formula is C42H55F2N7O8S. The third-order valence-electron chi connectivity index (χ3n) is 13.7. The molecule has 4 aliphatic carbocycles. The fourth-order valence-corrected chi connectivity index (χ4v) is 10.7. The molecule has 2 aromatic rings. The smallest absolute Gasteiger partial charge is 0.405 e. The fourth-order valence-electron chi connectivity index (χ4n) is 9.38. The van der Waals surface area contributed by atoms with Crippen molar-refractivity contribution in [3.63, 3.8) is 0 Å². The maximum absolute atomic E-state index is 14.5. The van der Waals surface area contributed by atoms with Gasteiger partial charge in [-0.3, -0.25) is 19.1 Å². The first-order chi connectivity index (χ1) is 28.2. The van der Waals surface area contributed by atoms with Crippen LogP contribution in [0, 0.1) is 46.3 Å². The number of carbonyl (C=O) groups excluding carboxylic acids is 3. The second kappa shape index (κ2) is 16.0. The molecule has 7 rings (SSSR count). The van der Waals surface area contributed by atoms with Gasteiger partial charge in [-0.25, -0.2) is 32.0 Å². The van der Waals surface area contributed by atoms with Gasteiger partial charge < -0.3 is 25.4 Å². The molecule has 9 atom stereocenters. The fraction of sp³-hybridized carbons (Fsp3) is 0.690. The number of nitrogens with zero attached hydrogens (tertiary/aromatic N) is 4. The number of sulfonamides is 1. The molecule has 1 aliphatic heterocycles. The molecule has 1 saturated heterocycles. The van der Waals surface area contributed by atoms with Crippen molar-refractivity contribution in [2.75, 3.05) is 6.54 Å². The lowest BCUT2D eigenvalue weighted by molar-refractivity contribution is -0.143. The molecule has 5 aliphatic rings. The number of unbranched alkanes of at least 4 members (excludes halogenated alkanes) is 2. The second-order valence-corrected chi connectivity index (χ2v) is 21.3. The van der Waals surface area contributed by atoms with E-state index in [1.54, 1.807) is 45.9 Å². The number of ether oxygens (including phenoxy) is 1. The highest BCUT2D eigenvalue weighted by Crippen LogP contribution is 2.56. The average molecular weight is 856 g/mol. The van der Waals surface area contributed by atoms with E-state index in [4.69, 9.17) is 14.7 Å². The molecule has 4 amide bonds. The Bertz CT molecular complexity index is 2210. The predicted molar refractivity (Wildman–Crippen MR) is 214 cm³/mol. The molecule has 1 aromatic carbocycles. The first-order valence-corrected chi connectivity index (χ1v) is 22.5. The zero-order chi connectivity index (χ0) is 43.5. The number of hydrogen-bond donors (Lipinski definition) is 4. The number of aromatic nitrogens is 2. The monoisotopic (exact) mass is 855 g/mol. The average Bonchev–Trinajstić information content (AvgIpc) is 4.13. The maximum Gasteiger partial charge on any atom is 0.405 e. The Morgan fingerprint density at radius 2 is 1.83 bits per heavy atom. The lowest BCUT2D eigenvalue weighted by atomic mass is 9.85. The van der Waals surface area contributed by atoms with Gasteiger partial charge in [-0.15, -0.1) is 0 Å². The summed E-state index contributed by atoms with van der Waals surface area (Å²) in [5.41, 5.74) is -1.48. The molecule has 2 heterocycles. The van der Waals surface area contributed by atoms with Crippen LogP contribution in [0.5, 0.6) is 5.88 Å². The van der Waals surface area contributed by atoms with Gasteiger partial charge in [0, 0.05) is 5.92 Å². The molecule has 1 aromatic heterocycles. The minimum absolute atomic E-state index is 0.130. The number of benzene rings is 1. The van der Waals surface area contributed by atoms with Crippen LogP contribution in [0.15, 0.2) is 18.2 Å². The minimum Gasteiger partial charge on any atom is -0.471 e. The third-order valence-corrected chi connectivity index (χ3v) is 15.9. The third kappa shape index (κ3) is 8.60. The van der Waals surface area contributed by atoms with Crippen LogP contribution in [0.25, 0.3) is 11.0 Å². The molecule has 4 saturated carbocycles. The number of carbonyl (C=O) groups is 4. The number of fused-ring (bicyclic) bond motifs is 2. The van der Waals surface area contributed by atoms with Crippen molar-refractivity contribution >= 4 is 44.9 Å². The van der Waals surface area contributed by atoms with E-state index in [0.717, 1.165) is 41.9 Å². The van der Waals surface area contributed by atoms with E-state index >= 15 is 0 Å². The molecule has 2 unspecified atom stereocenters. The Kier molecular flexibility index (Phi) is 11.6. The van der Waals surface area contributed by atoms with E-state index in [0.29, 0.717) is 28.7 Å². The Morgan fingerprint density at radius 1 is 1.10 bits per heavy atom. The largest absolute Gasteiger partial charge is 0.471 e. The molecule has 18 heteroatoms. The summed E-state index contributed by atoms with van der Waals surface area (Å²) in [6.07, 6.45) is 2.99. The van der Waals surface area contributed by atoms with Crippen LogP contribution in [0.2, 0.25) is 0 Å². The summed E-state index contributed by atoms with van der Waals surface area (Å²) >= 11 is 0. The van der Waals surface area contributed by atoms with Crippen LogP contribution in [-0.4, -0.2) is 93.7 Å². The summed E-state index contributed by atoms with van der Waals surface area (Å²) in [6.45, 7) is 7.67. The molecule has 60 heavy (non-hydrogen) atoms. The number of alkyl halides is 2. The van der Waals surface area contributed by atoms with Gasteiger partial charge in [0.2, 0.25) is 34.1 Å². The van der Waals surface area contributed by atoms with E-state index in [2.05, 4.69) is 16.7 Å². The number of nitriles is 1. The Hall–Kier alpha value is -4.66. The highest BCUT2D eigenvalue weighted by atomic mass is 32.2. The Labute approximate surface area is 348 Å². The highest BCUT2D eigenvalue weighted by Gasteiger charge is 2.67. The molecule has 5 fully saturated rings. The lowest BCUT2D eigenvalue weighted by Crippen LogP contribution is -2.61. The predicted octanol–water partition coefficient (Wildman–Crippen LogP) is 5.07. The Balaban J connectivity index is 1.17. The maximum atomic E-state index is 14.5. The van der Waals surface area contributed by atoms with Crippen molar-refractivity contribution in [2.45, 2.75) is 140 Å². The van der Waals surface area contributed by atoms with E-state index < -0.39 is 92.4 Å². The van der Waals surface area contributed by atoms with Crippen molar-refractivity contribution in [3.05, 3.63) is 29.5 Å². The number of nitrogens with one attached hydrogen (secondary N) is 3. The van der Waals surface area contributed by atoms with Gasteiger partial charge in [0.1, 0.15) is 29.4 Å². The summed E-state index contributed by atoms with van der Waals surface area (Å²) in [4.78, 5) is 65.2. The van der Waals surface area contributed by atoms with E-state index in [1.807, 2.05) is 4.72 Å². The number of rotatable bonds is 16. The quantitative estimate of drug-likeness (QED) is 0.163. The van der Waals surface area contributed by atoms with Gasteiger partial charge in [-0.2, -0.15) is 5.26 Å². The molecular weight excluding hydrogens is 801 g/mol. The summed E-state index contributed by atoms with van der Waals surface area (Å²) < 4.78 is 61.9. The van der Waals surface area contributed by atoms with Gasteiger partial charge in [-0.05, 0) is 99.7 Å². The normalized spacial score (nSPS) is 29.3. The van der Waals surface area contributed by atoms with Gasteiger partial charge >= 0.3 is 6.09 Å². The number of amides is 4. The molecule has 4 N–H and O–H groups in total. The van der Waals surface area contributed by atoms with Crippen molar-refractivity contribution in [3.8, 4) is 11.9 Å². The first-order valence-electron chi connectivity index (χ1n) is 21.0. The number of likely N-dealkylation sites (tertiary alicyclic amines) is 1. The lowest BCUT2D eigenvalue weighted by Gasteiger charge is -2.35. The van der Waals surface area contributed by atoms with Crippen LogP contribution in [-0.2, 0) is 30.8 Å². The summed E-state index contributed by atoms with van der Waals surface area (Å²) in [5.74, 6) is -2.95. The minimum atomic E-state index is -4.26. The van der Waals surface area contributed by atoms with E-state index in [1.165, 1.54) is 32.6 Å². The van der Waals surface area contributed by atoms with E-state index in [-0.39, 0.29) is 25.3 Å². The van der Waals surface area contributed by atoms with Crippen LogP contribution < -0.4 is 20.1 Å². The number of aryl methyl sites for hydroxylation is 1. The standard InChI is InChI=1S/C42H55F2N7O8S/c1-22-31(59-36-29(46-28-14-11-23(20-45)17-30(28)47-36)10-8-6-7-9-24-12-13-25-18-26(24)25)21-51(37(53)33(40(2,3)4)48-39(55)56)32(22)35(52)49-42(19-27(42)34(43)44)38(54)50-60(57,58)41(5)15-16-41/h11,14,17,22,24-27,31-34,48H,6-10,12-13,15-16,18-19,21H2,1-5H3,(H,49,52)(H,50,54)(H,55,56)/t22-,24+,25-,26-,27+,31?,32+,33-,42?/m1/s1. The molecule has 0 spiro atoms. The van der Waals surface area contributed by atoms with E-state index in [9.17, 15) is 46.7 Å². The molecule has 0 radical (unpaired) electrons. The zero-order valence-electron chi connectivity index (χ0n) is 34.7. The van der Waals surface area contributed by atoms with Crippen LogP contribution >= 0.6 is 0 Å². The summed E-state index contributed by atoms with van der Waals surface area (Å²) in [6, 6.07) is 4.16.